The second kappa shape index (κ2) is 7.10. The van der Waals surface area contributed by atoms with Crippen molar-refractivity contribution in [2.75, 3.05) is 13.1 Å². The highest BCUT2D eigenvalue weighted by molar-refractivity contribution is 5.91. The summed E-state index contributed by atoms with van der Waals surface area (Å²) < 4.78 is 5.47. The van der Waals surface area contributed by atoms with Gasteiger partial charge in [0.05, 0.1) is 22.4 Å². The number of benzene rings is 1. The molecular weight excluding hydrogens is 364 g/mol. The van der Waals surface area contributed by atoms with Gasteiger partial charge in [-0.2, -0.15) is 0 Å². The Morgan fingerprint density at radius 3 is 2.79 bits per heavy atom. The van der Waals surface area contributed by atoms with Crippen LogP contribution >= 0.6 is 0 Å². The molecule has 1 saturated carbocycles. The van der Waals surface area contributed by atoms with Crippen molar-refractivity contribution in [3.8, 4) is 11.3 Å². The molecule has 1 saturated heterocycles. The Morgan fingerprint density at radius 1 is 1.24 bits per heavy atom. The van der Waals surface area contributed by atoms with Crippen molar-refractivity contribution in [2.24, 2.45) is 0 Å². The number of hydrogen-bond donors (Lipinski definition) is 0. The standard InChI is InChI=1S/C23H24N4O2/c1-16-12-20(29-26-16)19-13-24-15-25-21(19)17-6-5-11-27(14-17)22(28)23(9-10-23)18-7-3-2-4-8-18/h2-4,7-8,12-13,15,17H,5-6,9-11,14H2,1H3. The van der Waals surface area contributed by atoms with Gasteiger partial charge >= 0.3 is 0 Å². The summed E-state index contributed by atoms with van der Waals surface area (Å²) in [6.07, 6.45) is 7.21. The van der Waals surface area contributed by atoms with E-state index in [9.17, 15) is 4.79 Å². The van der Waals surface area contributed by atoms with Crippen LogP contribution in [-0.4, -0.2) is 39.0 Å². The second-order valence-corrected chi connectivity index (χ2v) is 8.19. The third-order valence-electron chi connectivity index (χ3n) is 6.22. The zero-order chi connectivity index (χ0) is 19.8. The number of rotatable bonds is 4. The van der Waals surface area contributed by atoms with Crippen molar-refractivity contribution in [1.82, 2.24) is 20.0 Å². The fourth-order valence-corrected chi connectivity index (χ4v) is 4.54. The maximum absolute atomic E-state index is 13.5. The third-order valence-corrected chi connectivity index (χ3v) is 6.22. The van der Waals surface area contributed by atoms with Gasteiger partial charge in [0.1, 0.15) is 6.33 Å². The van der Waals surface area contributed by atoms with Crippen LogP contribution in [0.25, 0.3) is 11.3 Å². The first-order valence-electron chi connectivity index (χ1n) is 10.3. The van der Waals surface area contributed by atoms with Gasteiger partial charge in [0.2, 0.25) is 5.91 Å². The van der Waals surface area contributed by atoms with E-state index in [1.165, 1.54) is 0 Å². The minimum Gasteiger partial charge on any atom is -0.356 e. The number of nitrogens with zero attached hydrogens (tertiary/aromatic N) is 4. The first-order chi connectivity index (χ1) is 14.2. The third kappa shape index (κ3) is 3.22. The van der Waals surface area contributed by atoms with E-state index in [2.05, 4.69) is 27.3 Å². The molecule has 29 heavy (non-hydrogen) atoms. The number of likely N-dealkylation sites (tertiary alicyclic amines) is 1. The molecule has 0 radical (unpaired) electrons. The van der Waals surface area contributed by atoms with Crippen LogP contribution in [0.1, 0.15) is 48.6 Å². The molecule has 6 nitrogen and oxygen atoms in total. The van der Waals surface area contributed by atoms with Crippen molar-refractivity contribution >= 4 is 5.91 Å². The van der Waals surface area contributed by atoms with E-state index in [0.29, 0.717) is 12.3 Å². The van der Waals surface area contributed by atoms with Crippen LogP contribution in [0.3, 0.4) is 0 Å². The molecule has 0 N–H and O–H groups in total. The average molecular weight is 388 g/mol. The van der Waals surface area contributed by atoms with Crippen molar-refractivity contribution in [2.45, 2.75) is 43.9 Å². The number of hydrogen-bond acceptors (Lipinski definition) is 5. The molecule has 2 aromatic heterocycles. The normalized spacial score (nSPS) is 20.4. The molecule has 6 heteroatoms. The first kappa shape index (κ1) is 18.0. The summed E-state index contributed by atoms with van der Waals surface area (Å²) >= 11 is 0. The predicted molar refractivity (Wildman–Crippen MR) is 108 cm³/mol. The fraction of sp³-hybridized carbons (Fsp3) is 0.391. The van der Waals surface area contributed by atoms with Gasteiger partial charge in [-0.25, -0.2) is 9.97 Å². The highest BCUT2D eigenvalue weighted by Crippen LogP contribution is 2.50. The molecule has 2 aliphatic rings. The quantitative estimate of drug-likeness (QED) is 0.678. The van der Waals surface area contributed by atoms with Gasteiger partial charge in [0.25, 0.3) is 0 Å². The van der Waals surface area contributed by atoms with E-state index in [-0.39, 0.29) is 17.2 Å². The highest BCUT2D eigenvalue weighted by Gasteiger charge is 2.53. The van der Waals surface area contributed by atoms with Crippen LogP contribution in [0.2, 0.25) is 0 Å². The second-order valence-electron chi connectivity index (χ2n) is 8.19. The molecule has 5 rings (SSSR count). The maximum Gasteiger partial charge on any atom is 0.233 e. The maximum atomic E-state index is 13.5. The number of amides is 1. The molecule has 0 spiro atoms. The number of carbonyl (C=O) groups excluding carboxylic acids is 1. The van der Waals surface area contributed by atoms with Crippen LogP contribution in [-0.2, 0) is 10.2 Å². The Balaban J connectivity index is 1.40. The lowest BCUT2D eigenvalue weighted by Gasteiger charge is -2.35. The van der Waals surface area contributed by atoms with E-state index < -0.39 is 0 Å². The van der Waals surface area contributed by atoms with Crippen LogP contribution in [0.5, 0.6) is 0 Å². The lowest BCUT2D eigenvalue weighted by Crippen LogP contribution is -2.44. The molecule has 1 aliphatic heterocycles. The fourth-order valence-electron chi connectivity index (χ4n) is 4.54. The van der Waals surface area contributed by atoms with Crippen LogP contribution in [0, 0.1) is 6.92 Å². The summed E-state index contributed by atoms with van der Waals surface area (Å²) in [5.74, 6) is 1.12. The summed E-state index contributed by atoms with van der Waals surface area (Å²) in [6.45, 7) is 3.40. The minimum absolute atomic E-state index is 0.169. The minimum atomic E-state index is -0.320. The molecule has 3 heterocycles. The molecule has 3 aromatic rings. The van der Waals surface area contributed by atoms with Crippen molar-refractivity contribution in [3.63, 3.8) is 0 Å². The number of carbonyl (C=O) groups is 1. The van der Waals surface area contributed by atoms with Crippen LogP contribution < -0.4 is 0 Å². The van der Waals surface area contributed by atoms with Crippen molar-refractivity contribution in [1.29, 1.82) is 0 Å². The van der Waals surface area contributed by atoms with E-state index in [1.54, 1.807) is 12.5 Å². The summed E-state index contributed by atoms with van der Waals surface area (Å²) in [5, 5.41) is 4.00. The van der Waals surface area contributed by atoms with Gasteiger partial charge < -0.3 is 9.42 Å². The van der Waals surface area contributed by atoms with Gasteiger partial charge in [-0.1, -0.05) is 35.5 Å². The van der Waals surface area contributed by atoms with E-state index >= 15 is 0 Å². The molecule has 148 valence electrons. The number of aromatic nitrogens is 3. The Morgan fingerprint density at radius 2 is 2.07 bits per heavy atom. The average Bonchev–Trinajstić information content (AvgIpc) is 3.48. The van der Waals surface area contributed by atoms with E-state index in [0.717, 1.165) is 54.7 Å². The molecule has 1 unspecified atom stereocenters. The molecule has 1 atom stereocenters. The van der Waals surface area contributed by atoms with Gasteiger partial charge in [-0.15, -0.1) is 0 Å². The topological polar surface area (TPSA) is 72.1 Å². The summed E-state index contributed by atoms with van der Waals surface area (Å²) in [6, 6.07) is 12.1. The summed E-state index contributed by atoms with van der Waals surface area (Å²) in [4.78, 5) is 24.3. The molecule has 1 amide bonds. The zero-order valence-corrected chi connectivity index (χ0v) is 16.5. The Labute approximate surface area is 170 Å². The van der Waals surface area contributed by atoms with Crippen molar-refractivity contribution < 1.29 is 9.32 Å². The summed E-state index contributed by atoms with van der Waals surface area (Å²) in [7, 11) is 0. The van der Waals surface area contributed by atoms with Gasteiger partial charge in [-0.3, -0.25) is 4.79 Å². The van der Waals surface area contributed by atoms with Gasteiger partial charge in [0.15, 0.2) is 5.76 Å². The molecule has 1 aromatic carbocycles. The van der Waals surface area contributed by atoms with Gasteiger partial charge in [0, 0.05) is 31.3 Å². The highest BCUT2D eigenvalue weighted by atomic mass is 16.5. The van der Waals surface area contributed by atoms with Crippen molar-refractivity contribution in [3.05, 3.63) is 65.9 Å². The monoisotopic (exact) mass is 388 g/mol. The van der Waals surface area contributed by atoms with E-state index in [1.807, 2.05) is 36.1 Å². The Bertz CT molecular complexity index is 1030. The SMILES string of the molecule is Cc1cc(-c2cncnc2C2CCCN(C(=O)C3(c4ccccc4)CC3)C2)on1. The smallest absolute Gasteiger partial charge is 0.233 e. The molecular formula is C23H24N4O2. The molecule has 2 fully saturated rings. The van der Waals surface area contributed by atoms with E-state index in [4.69, 9.17) is 4.52 Å². The predicted octanol–water partition coefficient (Wildman–Crippen LogP) is 3.88. The Kier molecular flexibility index (Phi) is 4.42. The lowest BCUT2D eigenvalue weighted by atomic mass is 9.88. The summed E-state index contributed by atoms with van der Waals surface area (Å²) in [5.41, 5.74) is 3.47. The Hall–Kier alpha value is -3.02. The van der Waals surface area contributed by atoms with Gasteiger partial charge in [-0.05, 0) is 38.2 Å². The van der Waals surface area contributed by atoms with Crippen LogP contribution in [0.15, 0.2) is 53.4 Å². The number of aryl methyl sites for hydroxylation is 1. The van der Waals surface area contributed by atoms with Crippen LogP contribution in [0.4, 0.5) is 0 Å². The zero-order valence-electron chi connectivity index (χ0n) is 16.5. The lowest BCUT2D eigenvalue weighted by molar-refractivity contribution is -0.135. The molecule has 0 bridgehead atoms. The first-order valence-corrected chi connectivity index (χ1v) is 10.3. The molecule has 1 aliphatic carbocycles. The number of piperidine rings is 1. The largest absolute Gasteiger partial charge is 0.356 e.